The second-order valence-corrected chi connectivity index (χ2v) is 5.78. The van der Waals surface area contributed by atoms with Crippen molar-refractivity contribution in [2.24, 2.45) is 0 Å². The van der Waals surface area contributed by atoms with E-state index in [2.05, 4.69) is 12.2 Å². The van der Waals surface area contributed by atoms with E-state index in [1.165, 1.54) is 18.2 Å². The molecule has 1 unspecified atom stereocenters. The van der Waals surface area contributed by atoms with Gasteiger partial charge in [-0.05, 0) is 56.9 Å². The highest BCUT2D eigenvalue weighted by molar-refractivity contribution is 5.80. The average molecular weight is 277 g/mol. The van der Waals surface area contributed by atoms with Crippen LogP contribution in [0.4, 0.5) is 0 Å². The van der Waals surface area contributed by atoms with E-state index in [4.69, 9.17) is 9.47 Å². The molecule has 2 rings (SSSR count). The van der Waals surface area contributed by atoms with E-state index in [0.29, 0.717) is 6.04 Å². The van der Waals surface area contributed by atoms with Gasteiger partial charge in [-0.3, -0.25) is 5.32 Å². The van der Waals surface area contributed by atoms with Crippen LogP contribution < -0.4 is 10.1 Å². The normalized spacial score (nSPS) is 17.4. The second kappa shape index (κ2) is 5.83. The molecule has 1 aliphatic rings. The van der Waals surface area contributed by atoms with Crippen molar-refractivity contribution in [3.05, 3.63) is 29.3 Å². The van der Waals surface area contributed by atoms with Crippen molar-refractivity contribution in [3.8, 4) is 5.75 Å². The summed E-state index contributed by atoms with van der Waals surface area (Å²) in [5.41, 5.74) is 1.61. The predicted molar refractivity (Wildman–Crippen MR) is 78.0 cm³/mol. The van der Waals surface area contributed by atoms with Crippen molar-refractivity contribution < 1.29 is 14.3 Å². The Balaban J connectivity index is 2.03. The molecular formula is C16H23NO3. The Kier molecular flexibility index (Phi) is 4.33. The first-order chi connectivity index (χ1) is 9.44. The van der Waals surface area contributed by atoms with Gasteiger partial charge in [0.2, 0.25) is 0 Å². The van der Waals surface area contributed by atoms with E-state index < -0.39 is 5.54 Å². The number of rotatable bonds is 6. The molecule has 1 fully saturated rings. The fraction of sp³-hybridized carbons (Fsp3) is 0.562. The number of carbonyl (C=O) groups excluding carboxylic acids is 1. The molecule has 0 heterocycles. The number of esters is 1. The molecule has 1 aromatic carbocycles. The minimum absolute atomic E-state index is 0.263. The maximum atomic E-state index is 12.0. The van der Waals surface area contributed by atoms with Crippen molar-refractivity contribution in [2.45, 2.75) is 45.2 Å². The summed E-state index contributed by atoms with van der Waals surface area (Å²) in [5.74, 6) is 0.494. The van der Waals surface area contributed by atoms with Gasteiger partial charge in [-0.25, -0.2) is 4.79 Å². The van der Waals surface area contributed by atoms with E-state index >= 15 is 0 Å². The standard InChI is InChI=1S/C16H23NO3/c1-11-5-8-14(9-12(11)2)20-10-16(3,15(18)19-4)17-13-6-7-13/h5,8-9,13,17H,6-7,10H2,1-4H3. The number of aryl methyl sites for hydroxylation is 2. The fourth-order valence-electron chi connectivity index (χ4n) is 2.09. The van der Waals surface area contributed by atoms with Crippen molar-refractivity contribution in [2.75, 3.05) is 13.7 Å². The summed E-state index contributed by atoms with van der Waals surface area (Å²) < 4.78 is 10.7. The van der Waals surface area contributed by atoms with Gasteiger partial charge < -0.3 is 9.47 Å². The highest BCUT2D eigenvalue weighted by Gasteiger charge is 2.40. The molecule has 0 saturated heterocycles. The second-order valence-electron chi connectivity index (χ2n) is 5.78. The predicted octanol–water partition coefficient (Wildman–Crippen LogP) is 2.37. The third-order valence-electron chi connectivity index (χ3n) is 3.74. The maximum absolute atomic E-state index is 12.0. The van der Waals surface area contributed by atoms with Crippen LogP contribution in [0.25, 0.3) is 0 Å². The summed E-state index contributed by atoms with van der Waals surface area (Å²) in [6.07, 6.45) is 2.21. The summed E-state index contributed by atoms with van der Waals surface area (Å²) in [7, 11) is 1.41. The first kappa shape index (κ1) is 14.9. The minimum Gasteiger partial charge on any atom is -0.491 e. The number of carbonyl (C=O) groups is 1. The molecule has 0 spiro atoms. The lowest BCUT2D eigenvalue weighted by molar-refractivity contribution is -0.149. The third-order valence-corrected chi connectivity index (χ3v) is 3.74. The van der Waals surface area contributed by atoms with Crippen molar-refractivity contribution in [1.29, 1.82) is 0 Å². The quantitative estimate of drug-likeness (QED) is 0.811. The van der Waals surface area contributed by atoms with Gasteiger partial charge in [-0.2, -0.15) is 0 Å². The minimum atomic E-state index is -0.797. The number of benzene rings is 1. The number of hydrogen-bond acceptors (Lipinski definition) is 4. The van der Waals surface area contributed by atoms with Crippen LogP contribution in [0.1, 0.15) is 30.9 Å². The van der Waals surface area contributed by atoms with Crippen LogP contribution in [0.3, 0.4) is 0 Å². The van der Waals surface area contributed by atoms with Crippen LogP contribution >= 0.6 is 0 Å². The van der Waals surface area contributed by atoms with Crippen LogP contribution in [0, 0.1) is 13.8 Å². The molecule has 1 aromatic rings. The lowest BCUT2D eigenvalue weighted by Gasteiger charge is -2.28. The van der Waals surface area contributed by atoms with Gasteiger partial charge in [-0.15, -0.1) is 0 Å². The van der Waals surface area contributed by atoms with E-state index in [-0.39, 0.29) is 12.6 Å². The van der Waals surface area contributed by atoms with E-state index in [1.807, 2.05) is 32.0 Å². The number of ether oxygens (including phenoxy) is 2. The monoisotopic (exact) mass is 277 g/mol. The summed E-state index contributed by atoms with van der Waals surface area (Å²) >= 11 is 0. The van der Waals surface area contributed by atoms with Gasteiger partial charge in [0.05, 0.1) is 7.11 Å². The smallest absolute Gasteiger partial charge is 0.329 e. The Morgan fingerprint density at radius 3 is 2.60 bits per heavy atom. The van der Waals surface area contributed by atoms with Gasteiger partial charge in [0, 0.05) is 6.04 Å². The lowest BCUT2D eigenvalue weighted by atomic mass is 10.0. The molecule has 20 heavy (non-hydrogen) atoms. The molecule has 1 aliphatic carbocycles. The van der Waals surface area contributed by atoms with Crippen LogP contribution in [0.2, 0.25) is 0 Å². The van der Waals surface area contributed by atoms with E-state index in [0.717, 1.165) is 18.6 Å². The van der Waals surface area contributed by atoms with Crippen LogP contribution in [0.5, 0.6) is 5.75 Å². The Morgan fingerprint density at radius 1 is 1.35 bits per heavy atom. The highest BCUT2D eigenvalue weighted by Crippen LogP contribution is 2.24. The molecular weight excluding hydrogens is 254 g/mol. The average Bonchev–Trinajstić information content (AvgIpc) is 3.23. The molecule has 0 amide bonds. The molecule has 0 bridgehead atoms. The number of nitrogens with one attached hydrogen (secondary N) is 1. The summed E-state index contributed by atoms with van der Waals surface area (Å²) in [5, 5.41) is 3.31. The van der Waals surface area contributed by atoms with Crippen LogP contribution in [0.15, 0.2) is 18.2 Å². The number of hydrogen-bond donors (Lipinski definition) is 1. The zero-order chi connectivity index (χ0) is 14.8. The molecule has 1 N–H and O–H groups in total. The first-order valence-corrected chi connectivity index (χ1v) is 7.01. The Bertz CT molecular complexity index is 496. The third kappa shape index (κ3) is 3.51. The van der Waals surface area contributed by atoms with Crippen molar-refractivity contribution in [3.63, 3.8) is 0 Å². The molecule has 4 heteroatoms. The van der Waals surface area contributed by atoms with Crippen LogP contribution in [-0.4, -0.2) is 31.3 Å². The first-order valence-electron chi connectivity index (χ1n) is 7.01. The zero-order valence-electron chi connectivity index (χ0n) is 12.7. The molecule has 0 aliphatic heterocycles. The van der Waals surface area contributed by atoms with Gasteiger partial charge in [-0.1, -0.05) is 6.07 Å². The van der Waals surface area contributed by atoms with Crippen LogP contribution in [-0.2, 0) is 9.53 Å². The molecule has 110 valence electrons. The molecule has 4 nitrogen and oxygen atoms in total. The van der Waals surface area contributed by atoms with Gasteiger partial charge in [0.25, 0.3) is 0 Å². The molecule has 0 aromatic heterocycles. The molecule has 1 atom stereocenters. The van der Waals surface area contributed by atoms with Gasteiger partial charge in [0.15, 0.2) is 0 Å². The van der Waals surface area contributed by atoms with E-state index in [1.54, 1.807) is 0 Å². The summed E-state index contributed by atoms with van der Waals surface area (Å²) in [4.78, 5) is 12.0. The van der Waals surface area contributed by atoms with Gasteiger partial charge in [0.1, 0.15) is 17.9 Å². The lowest BCUT2D eigenvalue weighted by Crippen LogP contribution is -2.55. The topological polar surface area (TPSA) is 47.6 Å². The van der Waals surface area contributed by atoms with Crippen molar-refractivity contribution in [1.82, 2.24) is 5.32 Å². The fourth-order valence-corrected chi connectivity index (χ4v) is 2.09. The molecule has 1 saturated carbocycles. The largest absolute Gasteiger partial charge is 0.491 e. The maximum Gasteiger partial charge on any atom is 0.329 e. The zero-order valence-corrected chi connectivity index (χ0v) is 12.7. The Labute approximate surface area is 120 Å². The molecule has 0 radical (unpaired) electrons. The van der Waals surface area contributed by atoms with E-state index in [9.17, 15) is 4.79 Å². The number of methoxy groups -OCH3 is 1. The Morgan fingerprint density at radius 2 is 2.05 bits per heavy atom. The highest BCUT2D eigenvalue weighted by atomic mass is 16.5. The summed E-state index contributed by atoms with van der Waals surface area (Å²) in [6.45, 7) is 6.20. The Hall–Kier alpha value is -1.55. The SMILES string of the molecule is COC(=O)C(C)(COc1ccc(C)c(C)c1)NC1CC1. The van der Waals surface area contributed by atoms with Crippen molar-refractivity contribution >= 4 is 5.97 Å². The summed E-state index contributed by atoms with van der Waals surface area (Å²) in [6, 6.07) is 6.35. The van der Waals surface area contributed by atoms with Gasteiger partial charge >= 0.3 is 5.97 Å².